The summed E-state index contributed by atoms with van der Waals surface area (Å²) in [6.45, 7) is 10.3. The second-order valence-corrected chi connectivity index (χ2v) is 6.08. The standard InChI is InChI=1S/C18H36O4/c1-4-7-11-19-15-17-18(22-13-9-6-3)16(10-14-21-17)20-12-8-5-2/h16-18H,4-15H2,1-3H3/t16?,17-,18-/m0/s1. The average molecular weight is 316 g/mol. The molecular formula is C18H36O4. The van der Waals surface area contributed by atoms with E-state index >= 15 is 0 Å². The van der Waals surface area contributed by atoms with Crippen LogP contribution in [0, 0.1) is 0 Å². The van der Waals surface area contributed by atoms with Crippen molar-refractivity contribution >= 4 is 0 Å². The molecule has 0 spiro atoms. The molecule has 1 fully saturated rings. The summed E-state index contributed by atoms with van der Waals surface area (Å²) >= 11 is 0. The lowest BCUT2D eigenvalue weighted by Gasteiger charge is -2.37. The Morgan fingerprint density at radius 1 is 0.864 bits per heavy atom. The van der Waals surface area contributed by atoms with Crippen molar-refractivity contribution in [2.75, 3.05) is 33.0 Å². The normalized spacial score (nSPS) is 25.5. The summed E-state index contributed by atoms with van der Waals surface area (Å²) in [5.74, 6) is 0. The Kier molecular flexibility index (Phi) is 12.0. The fraction of sp³-hybridized carbons (Fsp3) is 1.00. The van der Waals surface area contributed by atoms with E-state index in [4.69, 9.17) is 18.9 Å². The number of unbranched alkanes of at least 4 members (excludes halogenated alkanes) is 3. The molecule has 132 valence electrons. The molecule has 4 nitrogen and oxygen atoms in total. The maximum atomic E-state index is 6.11. The monoisotopic (exact) mass is 316 g/mol. The molecule has 1 saturated heterocycles. The summed E-state index contributed by atoms with van der Waals surface area (Å²) in [5.41, 5.74) is 0. The Bertz CT molecular complexity index is 247. The first-order valence-electron chi connectivity index (χ1n) is 9.25. The summed E-state index contributed by atoms with van der Waals surface area (Å²) in [7, 11) is 0. The van der Waals surface area contributed by atoms with Crippen LogP contribution in [0.1, 0.15) is 65.7 Å². The molecule has 22 heavy (non-hydrogen) atoms. The van der Waals surface area contributed by atoms with E-state index in [1.165, 1.54) is 0 Å². The predicted octanol–water partition coefficient (Wildman–Crippen LogP) is 3.96. The molecule has 0 saturated carbocycles. The van der Waals surface area contributed by atoms with Gasteiger partial charge < -0.3 is 18.9 Å². The molecular weight excluding hydrogens is 280 g/mol. The minimum Gasteiger partial charge on any atom is -0.379 e. The second kappa shape index (κ2) is 13.3. The van der Waals surface area contributed by atoms with Crippen molar-refractivity contribution in [2.24, 2.45) is 0 Å². The lowest BCUT2D eigenvalue weighted by Crippen LogP contribution is -2.49. The number of ether oxygens (including phenoxy) is 4. The van der Waals surface area contributed by atoms with Gasteiger partial charge in [0.1, 0.15) is 12.2 Å². The zero-order chi connectivity index (χ0) is 16.0. The van der Waals surface area contributed by atoms with Gasteiger partial charge >= 0.3 is 0 Å². The van der Waals surface area contributed by atoms with Crippen LogP contribution in [0.3, 0.4) is 0 Å². The summed E-state index contributed by atoms with van der Waals surface area (Å²) in [6, 6.07) is 0. The molecule has 0 aliphatic carbocycles. The highest BCUT2D eigenvalue weighted by molar-refractivity contribution is 4.84. The van der Waals surface area contributed by atoms with Crippen molar-refractivity contribution < 1.29 is 18.9 Å². The smallest absolute Gasteiger partial charge is 0.112 e. The van der Waals surface area contributed by atoms with Gasteiger partial charge in [0.2, 0.25) is 0 Å². The van der Waals surface area contributed by atoms with Crippen LogP contribution in [-0.2, 0) is 18.9 Å². The van der Waals surface area contributed by atoms with E-state index in [0.29, 0.717) is 6.61 Å². The topological polar surface area (TPSA) is 36.9 Å². The molecule has 0 radical (unpaired) electrons. The van der Waals surface area contributed by atoms with Gasteiger partial charge in [0.15, 0.2) is 0 Å². The lowest BCUT2D eigenvalue weighted by molar-refractivity contribution is -0.190. The SMILES string of the molecule is CCCCOC[C@@H]1OCCC(OCCCC)[C@@H]1OCCCC. The van der Waals surface area contributed by atoms with Crippen LogP contribution in [0.25, 0.3) is 0 Å². The average Bonchev–Trinajstić information content (AvgIpc) is 2.54. The Morgan fingerprint density at radius 3 is 2.18 bits per heavy atom. The number of hydrogen-bond donors (Lipinski definition) is 0. The van der Waals surface area contributed by atoms with Crippen LogP contribution in [0.15, 0.2) is 0 Å². The minimum absolute atomic E-state index is 0.00842. The number of rotatable bonds is 13. The van der Waals surface area contributed by atoms with E-state index in [9.17, 15) is 0 Å². The van der Waals surface area contributed by atoms with Crippen LogP contribution in [0.5, 0.6) is 0 Å². The van der Waals surface area contributed by atoms with Crippen molar-refractivity contribution in [1.29, 1.82) is 0 Å². The van der Waals surface area contributed by atoms with Gasteiger partial charge in [-0.15, -0.1) is 0 Å². The summed E-state index contributed by atoms with van der Waals surface area (Å²) in [4.78, 5) is 0. The quantitative estimate of drug-likeness (QED) is 0.482. The first kappa shape index (κ1) is 19.9. The molecule has 1 rings (SSSR count). The van der Waals surface area contributed by atoms with Gasteiger partial charge in [-0.25, -0.2) is 0 Å². The van der Waals surface area contributed by atoms with E-state index in [1.807, 2.05) is 0 Å². The molecule has 0 aromatic carbocycles. The van der Waals surface area contributed by atoms with E-state index in [2.05, 4.69) is 20.8 Å². The zero-order valence-electron chi connectivity index (χ0n) is 14.9. The molecule has 1 heterocycles. The van der Waals surface area contributed by atoms with Crippen molar-refractivity contribution in [3.05, 3.63) is 0 Å². The number of hydrogen-bond acceptors (Lipinski definition) is 4. The largest absolute Gasteiger partial charge is 0.379 e. The van der Waals surface area contributed by atoms with Gasteiger partial charge in [-0.3, -0.25) is 0 Å². The van der Waals surface area contributed by atoms with Crippen LogP contribution in [0.4, 0.5) is 0 Å². The van der Waals surface area contributed by atoms with Gasteiger partial charge in [0, 0.05) is 26.4 Å². The first-order valence-corrected chi connectivity index (χ1v) is 9.25. The summed E-state index contributed by atoms with van der Waals surface area (Å²) in [6.07, 6.45) is 7.85. The molecule has 4 heteroatoms. The molecule has 1 aliphatic heterocycles. The zero-order valence-corrected chi connectivity index (χ0v) is 14.9. The first-order chi connectivity index (χ1) is 10.8. The van der Waals surface area contributed by atoms with Crippen molar-refractivity contribution in [3.8, 4) is 0 Å². The molecule has 0 bridgehead atoms. The third-order valence-corrected chi connectivity index (χ3v) is 4.03. The van der Waals surface area contributed by atoms with E-state index in [-0.39, 0.29) is 18.3 Å². The molecule has 0 aromatic rings. The fourth-order valence-corrected chi connectivity index (χ4v) is 2.56. The minimum atomic E-state index is 0.00842. The Morgan fingerprint density at radius 2 is 1.50 bits per heavy atom. The highest BCUT2D eigenvalue weighted by Crippen LogP contribution is 2.22. The summed E-state index contributed by atoms with van der Waals surface area (Å²) in [5, 5.41) is 0. The highest BCUT2D eigenvalue weighted by atomic mass is 16.6. The van der Waals surface area contributed by atoms with Crippen LogP contribution >= 0.6 is 0 Å². The fourth-order valence-electron chi connectivity index (χ4n) is 2.56. The van der Waals surface area contributed by atoms with Gasteiger partial charge in [0.25, 0.3) is 0 Å². The second-order valence-electron chi connectivity index (χ2n) is 6.08. The third kappa shape index (κ3) is 7.91. The van der Waals surface area contributed by atoms with Gasteiger partial charge in [-0.1, -0.05) is 40.0 Å². The van der Waals surface area contributed by atoms with E-state index in [0.717, 1.165) is 71.4 Å². The van der Waals surface area contributed by atoms with Crippen molar-refractivity contribution in [3.63, 3.8) is 0 Å². The molecule has 1 unspecified atom stereocenters. The maximum Gasteiger partial charge on any atom is 0.112 e. The van der Waals surface area contributed by atoms with Crippen LogP contribution in [0.2, 0.25) is 0 Å². The highest BCUT2D eigenvalue weighted by Gasteiger charge is 2.35. The molecule has 0 N–H and O–H groups in total. The Labute approximate surface area is 136 Å². The van der Waals surface area contributed by atoms with Crippen molar-refractivity contribution in [1.82, 2.24) is 0 Å². The molecule has 1 aliphatic rings. The Balaban J connectivity index is 2.45. The van der Waals surface area contributed by atoms with E-state index in [1.54, 1.807) is 0 Å². The van der Waals surface area contributed by atoms with Gasteiger partial charge in [-0.2, -0.15) is 0 Å². The molecule has 0 aromatic heterocycles. The van der Waals surface area contributed by atoms with Gasteiger partial charge in [0.05, 0.1) is 12.7 Å². The van der Waals surface area contributed by atoms with E-state index < -0.39 is 0 Å². The van der Waals surface area contributed by atoms with Crippen LogP contribution < -0.4 is 0 Å². The summed E-state index contributed by atoms with van der Waals surface area (Å²) < 4.78 is 23.8. The molecule has 0 amide bonds. The predicted molar refractivity (Wildman–Crippen MR) is 89.4 cm³/mol. The third-order valence-electron chi connectivity index (χ3n) is 4.03. The maximum absolute atomic E-state index is 6.11. The van der Waals surface area contributed by atoms with Crippen LogP contribution in [-0.4, -0.2) is 51.3 Å². The van der Waals surface area contributed by atoms with Gasteiger partial charge in [-0.05, 0) is 25.7 Å². The molecule has 3 atom stereocenters. The van der Waals surface area contributed by atoms with Crippen molar-refractivity contribution in [2.45, 2.75) is 84.0 Å². The Hall–Kier alpha value is -0.160. The lowest BCUT2D eigenvalue weighted by atomic mass is 10.0.